The van der Waals surface area contributed by atoms with E-state index in [1.165, 1.54) is 6.07 Å². The highest BCUT2D eigenvalue weighted by Crippen LogP contribution is 2.26. The van der Waals surface area contributed by atoms with Crippen molar-refractivity contribution in [2.75, 3.05) is 13.1 Å². The van der Waals surface area contributed by atoms with Crippen molar-refractivity contribution >= 4 is 17.6 Å². The number of nitro benzene ring substituents is 1. The first-order valence-corrected chi connectivity index (χ1v) is 7.64. The number of carboxylic acids is 1. The Bertz CT molecular complexity index is 629. The van der Waals surface area contributed by atoms with Crippen LogP contribution in [0, 0.1) is 23.0 Å². The third-order valence-corrected chi connectivity index (χ3v) is 4.15. The zero-order chi connectivity index (χ0) is 17.0. The molecule has 1 N–H and O–H groups in total. The second-order valence-corrected chi connectivity index (χ2v) is 5.97. The summed E-state index contributed by atoms with van der Waals surface area (Å²) >= 11 is 0. The molecule has 1 saturated heterocycles. The zero-order valence-electron chi connectivity index (χ0n) is 13.0. The minimum atomic E-state index is -0.845. The van der Waals surface area contributed by atoms with Gasteiger partial charge in [0.25, 0.3) is 11.6 Å². The van der Waals surface area contributed by atoms with Crippen LogP contribution in [0.3, 0.4) is 0 Å². The van der Waals surface area contributed by atoms with Crippen LogP contribution in [0.5, 0.6) is 0 Å². The average molecular weight is 320 g/mol. The minimum absolute atomic E-state index is 0.0806. The highest BCUT2D eigenvalue weighted by molar-refractivity contribution is 5.98. The average Bonchev–Trinajstić information content (AvgIpc) is 2.52. The first-order valence-electron chi connectivity index (χ1n) is 7.64. The topological polar surface area (TPSA) is 101 Å². The molecule has 0 saturated carbocycles. The van der Waals surface area contributed by atoms with Crippen molar-refractivity contribution in [3.63, 3.8) is 0 Å². The smallest absolute Gasteiger partial charge is 0.303 e. The van der Waals surface area contributed by atoms with Gasteiger partial charge < -0.3 is 10.0 Å². The molecule has 0 spiro atoms. The van der Waals surface area contributed by atoms with Crippen LogP contribution >= 0.6 is 0 Å². The summed E-state index contributed by atoms with van der Waals surface area (Å²) in [6.45, 7) is 2.79. The standard InChI is InChI=1S/C16H20N2O5/c1-11-4-6-14(18(22)23)13(9-11)16(21)17-8-2-3-12(10-17)5-7-15(19)20/h4,6,9,12H,2-3,5,7-8,10H2,1H3,(H,19,20). The largest absolute Gasteiger partial charge is 0.481 e. The number of likely N-dealkylation sites (tertiary alicyclic amines) is 1. The SMILES string of the molecule is Cc1ccc([N+](=O)[O-])c(C(=O)N2CCCC(CCC(=O)O)C2)c1. The summed E-state index contributed by atoms with van der Waals surface area (Å²) in [5.74, 6) is -1.06. The molecule has 7 nitrogen and oxygen atoms in total. The van der Waals surface area contributed by atoms with E-state index in [1.54, 1.807) is 24.0 Å². The number of amides is 1. The van der Waals surface area contributed by atoms with E-state index in [0.717, 1.165) is 18.4 Å². The quantitative estimate of drug-likeness (QED) is 0.664. The molecule has 0 bridgehead atoms. The van der Waals surface area contributed by atoms with Crippen molar-refractivity contribution in [2.24, 2.45) is 5.92 Å². The predicted molar refractivity (Wildman–Crippen MR) is 83.3 cm³/mol. The van der Waals surface area contributed by atoms with E-state index in [4.69, 9.17) is 5.11 Å². The van der Waals surface area contributed by atoms with Crippen LogP contribution in [0.4, 0.5) is 5.69 Å². The maximum Gasteiger partial charge on any atom is 0.303 e. The number of rotatable bonds is 5. The van der Waals surface area contributed by atoms with Gasteiger partial charge in [-0.2, -0.15) is 0 Å². The first-order chi connectivity index (χ1) is 10.9. The van der Waals surface area contributed by atoms with Gasteiger partial charge in [-0.25, -0.2) is 0 Å². The Labute approximate surface area is 134 Å². The van der Waals surface area contributed by atoms with Crippen molar-refractivity contribution < 1.29 is 19.6 Å². The van der Waals surface area contributed by atoms with E-state index in [-0.39, 0.29) is 29.5 Å². The molecular formula is C16H20N2O5. The van der Waals surface area contributed by atoms with Crippen LogP contribution in [-0.2, 0) is 4.79 Å². The Hall–Kier alpha value is -2.44. The molecule has 0 aliphatic carbocycles. The van der Waals surface area contributed by atoms with E-state index >= 15 is 0 Å². The lowest BCUT2D eigenvalue weighted by atomic mass is 9.93. The van der Waals surface area contributed by atoms with Gasteiger partial charge in [0.2, 0.25) is 0 Å². The van der Waals surface area contributed by atoms with Crippen molar-refractivity contribution in [3.8, 4) is 0 Å². The Kier molecular flexibility index (Phi) is 5.31. The van der Waals surface area contributed by atoms with Crippen LogP contribution in [0.1, 0.15) is 41.6 Å². The number of carbonyl (C=O) groups excluding carboxylic acids is 1. The number of nitrogens with zero attached hydrogens (tertiary/aromatic N) is 2. The summed E-state index contributed by atoms with van der Waals surface area (Å²) in [7, 11) is 0. The van der Waals surface area contributed by atoms with Gasteiger partial charge in [0.15, 0.2) is 0 Å². The fourth-order valence-corrected chi connectivity index (χ4v) is 2.96. The maximum absolute atomic E-state index is 12.7. The van der Waals surface area contributed by atoms with Crippen molar-refractivity contribution in [1.29, 1.82) is 0 Å². The van der Waals surface area contributed by atoms with Gasteiger partial charge in [-0.1, -0.05) is 6.07 Å². The highest BCUT2D eigenvalue weighted by atomic mass is 16.6. The van der Waals surface area contributed by atoms with Crippen LogP contribution in [0.2, 0.25) is 0 Å². The Morgan fingerprint density at radius 2 is 2.17 bits per heavy atom. The van der Waals surface area contributed by atoms with Gasteiger partial charge in [-0.05, 0) is 43.7 Å². The molecule has 1 heterocycles. The highest BCUT2D eigenvalue weighted by Gasteiger charge is 2.29. The lowest BCUT2D eigenvalue weighted by Crippen LogP contribution is -2.40. The van der Waals surface area contributed by atoms with E-state index in [9.17, 15) is 19.7 Å². The fraction of sp³-hybridized carbons (Fsp3) is 0.500. The number of nitro groups is 1. The molecule has 1 aromatic rings. The molecule has 1 atom stereocenters. The Morgan fingerprint density at radius 1 is 1.43 bits per heavy atom. The summed E-state index contributed by atoms with van der Waals surface area (Å²) in [5.41, 5.74) is 0.709. The van der Waals surface area contributed by atoms with Crippen molar-refractivity contribution in [3.05, 3.63) is 39.4 Å². The van der Waals surface area contributed by atoms with Crippen molar-refractivity contribution in [1.82, 2.24) is 4.90 Å². The van der Waals surface area contributed by atoms with Gasteiger partial charge >= 0.3 is 5.97 Å². The number of piperidine rings is 1. The van der Waals surface area contributed by atoms with E-state index in [2.05, 4.69) is 0 Å². The first kappa shape index (κ1) is 16.9. The normalized spacial score (nSPS) is 17.8. The molecule has 124 valence electrons. The summed E-state index contributed by atoms with van der Waals surface area (Å²) in [4.78, 5) is 35.5. The van der Waals surface area contributed by atoms with Gasteiger partial charge in [-0.15, -0.1) is 0 Å². The second kappa shape index (κ2) is 7.21. The predicted octanol–water partition coefficient (Wildman–Crippen LogP) is 2.62. The van der Waals surface area contributed by atoms with Gasteiger partial charge in [-0.3, -0.25) is 19.7 Å². The molecule has 23 heavy (non-hydrogen) atoms. The van der Waals surface area contributed by atoms with E-state index in [0.29, 0.717) is 19.5 Å². The molecule has 1 unspecified atom stereocenters. The molecule has 7 heteroatoms. The minimum Gasteiger partial charge on any atom is -0.481 e. The Balaban J connectivity index is 2.15. The number of carboxylic acid groups (broad SMARTS) is 1. The number of benzene rings is 1. The summed E-state index contributed by atoms with van der Waals surface area (Å²) in [6, 6.07) is 4.51. The van der Waals surface area contributed by atoms with Gasteiger partial charge in [0.05, 0.1) is 4.92 Å². The number of aliphatic carboxylic acids is 1. The summed E-state index contributed by atoms with van der Waals surface area (Å²) < 4.78 is 0. The third-order valence-electron chi connectivity index (χ3n) is 4.15. The van der Waals surface area contributed by atoms with Crippen LogP contribution in [-0.4, -0.2) is 39.9 Å². The molecule has 1 amide bonds. The molecule has 1 aromatic carbocycles. The summed E-state index contributed by atoms with van der Waals surface area (Å²) in [6.07, 6.45) is 2.27. The van der Waals surface area contributed by atoms with Gasteiger partial charge in [0, 0.05) is 25.6 Å². The monoisotopic (exact) mass is 320 g/mol. The third kappa shape index (κ3) is 4.28. The Morgan fingerprint density at radius 3 is 2.83 bits per heavy atom. The summed E-state index contributed by atoms with van der Waals surface area (Å²) in [5, 5.41) is 19.9. The van der Waals surface area contributed by atoms with Crippen LogP contribution < -0.4 is 0 Å². The molecule has 1 fully saturated rings. The molecule has 1 aliphatic heterocycles. The number of hydrogen-bond acceptors (Lipinski definition) is 4. The molecule has 2 rings (SSSR count). The van der Waals surface area contributed by atoms with Gasteiger partial charge in [0.1, 0.15) is 5.56 Å². The molecule has 0 radical (unpaired) electrons. The molecule has 0 aromatic heterocycles. The van der Waals surface area contributed by atoms with E-state index in [1.807, 2.05) is 0 Å². The lowest BCUT2D eigenvalue weighted by Gasteiger charge is -2.32. The van der Waals surface area contributed by atoms with Crippen molar-refractivity contribution in [2.45, 2.75) is 32.6 Å². The molecule has 1 aliphatic rings. The van der Waals surface area contributed by atoms with Crippen LogP contribution in [0.15, 0.2) is 18.2 Å². The number of hydrogen-bond donors (Lipinski definition) is 1. The van der Waals surface area contributed by atoms with Crippen LogP contribution in [0.25, 0.3) is 0 Å². The zero-order valence-corrected chi connectivity index (χ0v) is 13.0. The van der Waals surface area contributed by atoms with E-state index < -0.39 is 10.9 Å². The number of aryl methyl sites for hydroxylation is 1. The maximum atomic E-state index is 12.7. The molecular weight excluding hydrogens is 300 g/mol. The number of carbonyl (C=O) groups is 2. The fourth-order valence-electron chi connectivity index (χ4n) is 2.96. The second-order valence-electron chi connectivity index (χ2n) is 5.97. The lowest BCUT2D eigenvalue weighted by molar-refractivity contribution is -0.385.